The summed E-state index contributed by atoms with van der Waals surface area (Å²) in [5.74, 6) is -1.14. The molecule has 2 aromatic rings. The first-order chi connectivity index (χ1) is 11.0. The van der Waals surface area contributed by atoms with E-state index in [0.717, 1.165) is 22.4 Å². The molecule has 23 heavy (non-hydrogen) atoms. The van der Waals surface area contributed by atoms with E-state index in [4.69, 9.17) is 5.11 Å². The van der Waals surface area contributed by atoms with Crippen LogP contribution in [0.1, 0.15) is 29.5 Å². The first-order valence-electron chi connectivity index (χ1n) is 7.61. The second-order valence-corrected chi connectivity index (χ2v) is 5.59. The number of carbonyl (C=O) groups is 2. The van der Waals surface area contributed by atoms with E-state index in [1.807, 2.05) is 62.4 Å². The number of hydrogen-bond donors (Lipinski definition) is 1. The lowest BCUT2D eigenvalue weighted by Crippen LogP contribution is -2.31. The summed E-state index contributed by atoms with van der Waals surface area (Å²) in [5.41, 5.74) is 3.98. The number of carbonyl (C=O) groups excluding carboxylic acids is 1. The number of amides is 1. The molecule has 0 heterocycles. The predicted octanol–water partition coefficient (Wildman–Crippen LogP) is 3.70. The van der Waals surface area contributed by atoms with Crippen molar-refractivity contribution in [2.75, 3.05) is 4.90 Å². The van der Waals surface area contributed by atoms with Gasteiger partial charge in [0.15, 0.2) is 0 Å². The van der Waals surface area contributed by atoms with E-state index < -0.39 is 5.97 Å². The number of benzene rings is 2. The molecule has 1 amide bonds. The number of carboxylic acids is 1. The molecule has 2 rings (SSSR count). The topological polar surface area (TPSA) is 57.6 Å². The zero-order chi connectivity index (χ0) is 16.8. The molecule has 0 aliphatic heterocycles. The number of anilines is 1. The molecule has 0 radical (unpaired) electrons. The molecular weight excluding hydrogens is 290 g/mol. The second-order valence-electron chi connectivity index (χ2n) is 5.59. The molecule has 0 saturated carbocycles. The molecule has 1 N–H and O–H groups in total. The van der Waals surface area contributed by atoms with Gasteiger partial charge < -0.3 is 10.0 Å². The lowest BCUT2D eigenvalue weighted by Gasteiger charge is -2.25. The number of rotatable bonds is 6. The highest BCUT2D eigenvalue weighted by molar-refractivity contribution is 5.95. The SMILES string of the molecule is Cc1ccccc1CN(C(=O)CCC(=O)O)c1ccccc1C. The van der Waals surface area contributed by atoms with Crippen LogP contribution in [0.4, 0.5) is 5.69 Å². The van der Waals surface area contributed by atoms with Crippen LogP contribution in [0.5, 0.6) is 0 Å². The predicted molar refractivity (Wildman–Crippen MR) is 90.4 cm³/mol. The molecule has 0 fully saturated rings. The Kier molecular flexibility index (Phi) is 5.52. The molecule has 4 heteroatoms. The fourth-order valence-corrected chi connectivity index (χ4v) is 2.48. The van der Waals surface area contributed by atoms with Crippen molar-refractivity contribution >= 4 is 17.6 Å². The van der Waals surface area contributed by atoms with Crippen molar-refractivity contribution in [2.45, 2.75) is 33.2 Å². The van der Waals surface area contributed by atoms with Gasteiger partial charge in [-0.15, -0.1) is 0 Å². The van der Waals surface area contributed by atoms with Crippen molar-refractivity contribution < 1.29 is 14.7 Å². The van der Waals surface area contributed by atoms with Crippen molar-refractivity contribution in [1.29, 1.82) is 0 Å². The minimum atomic E-state index is -0.959. The average Bonchev–Trinajstić information content (AvgIpc) is 2.53. The Morgan fingerprint density at radius 2 is 1.52 bits per heavy atom. The number of para-hydroxylation sites is 1. The summed E-state index contributed by atoms with van der Waals surface area (Å²) in [6.07, 6.45) is -0.162. The minimum absolute atomic E-state index is 0.00442. The summed E-state index contributed by atoms with van der Waals surface area (Å²) in [6, 6.07) is 15.6. The smallest absolute Gasteiger partial charge is 0.303 e. The molecule has 120 valence electrons. The molecule has 0 aliphatic carbocycles. The first-order valence-corrected chi connectivity index (χ1v) is 7.61. The zero-order valence-corrected chi connectivity index (χ0v) is 13.5. The maximum Gasteiger partial charge on any atom is 0.303 e. The summed E-state index contributed by atoms with van der Waals surface area (Å²) in [5, 5.41) is 8.83. The highest BCUT2D eigenvalue weighted by Crippen LogP contribution is 2.24. The van der Waals surface area contributed by atoms with E-state index >= 15 is 0 Å². The quantitative estimate of drug-likeness (QED) is 0.885. The van der Waals surface area contributed by atoms with Gasteiger partial charge in [-0.3, -0.25) is 9.59 Å². The van der Waals surface area contributed by atoms with E-state index in [9.17, 15) is 9.59 Å². The third-order valence-electron chi connectivity index (χ3n) is 3.85. The van der Waals surface area contributed by atoms with Gasteiger partial charge in [-0.25, -0.2) is 0 Å². The number of aliphatic carboxylic acids is 1. The molecule has 0 unspecified atom stereocenters. The average molecular weight is 311 g/mol. The van der Waals surface area contributed by atoms with Crippen LogP contribution in [0.2, 0.25) is 0 Å². The summed E-state index contributed by atoms with van der Waals surface area (Å²) in [7, 11) is 0. The van der Waals surface area contributed by atoms with E-state index in [-0.39, 0.29) is 18.7 Å². The van der Waals surface area contributed by atoms with Crippen molar-refractivity contribution in [2.24, 2.45) is 0 Å². The normalized spacial score (nSPS) is 10.3. The largest absolute Gasteiger partial charge is 0.481 e. The Balaban J connectivity index is 2.32. The van der Waals surface area contributed by atoms with Crippen LogP contribution in [0.25, 0.3) is 0 Å². The van der Waals surface area contributed by atoms with Gasteiger partial charge in [-0.2, -0.15) is 0 Å². The Morgan fingerprint density at radius 3 is 2.13 bits per heavy atom. The van der Waals surface area contributed by atoms with Crippen LogP contribution >= 0.6 is 0 Å². The van der Waals surface area contributed by atoms with Gasteiger partial charge in [-0.1, -0.05) is 42.5 Å². The monoisotopic (exact) mass is 311 g/mol. The standard InChI is InChI=1S/C19H21NO3/c1-14-7-3-5-9-16(14)13-20(18(21)11-12-19(22)23)17-10-6-4-8-15(17)2/h3-10H,11-13H2,1-2H3,(H,22,23). The van der Waals surface area contributed by atoms with Crippen LogP contribution < -0.4 is 4.90 Å². The second kappa shape index (κ2) is 7.58. The van der Waals surface area contributed by atoms with Gasteiger partial charge >= 0.3 is 5.97 Å². The van der Waals surface area contributed by atoms with E-state index in [2.05, 4.69) is 0 Å². The van der Waals surface area contributed by atoms with Gasteiger partial charge in [-0.05, 0) is 36.6 Å². The third-order valence-corrected chi connectivity index (χ3v) is 3.85. The molecule has 0 bridgehead atoms. The molecule has 0 atom stereocenters. The van der Waals surface area contributed by atoms with Crippen LogP contribution in [-0.4, -0.2) is 17.0 Å². The number of carboxylic acid groups (broad SMARTS) is 1. The first kappa shape index (κ1) is 16.7. The fourth-order valence-electron chi connectivity index (χ4n) is 2.48. The Bertz CT molecular complexity index is 709. The summed E-state index contributed by atoms with van der Waals surface area (Å²) < 4.78 is 0. The summed E-state index contributed by atoms with van der Waals surface area (Å²) >= 11 is 0. The number of hydrogen-bond acceptors (Lipinski definition) is 2. The highest BCUT2D eigenvalue weighted by atomic mass is 16.4. The Labute approximate surface area is 136 Å². The van der Waals surface area contributed by atoms with Crippen LogP contribution in [0, 0.1) is 13.8 Å². The molecule has 2 aromatic carbocycles. The molecule has 0 saturated heterocycles. The van der Waals surface area contributed by atoms with Gasteiger partial charge in [0.1, 0.15) is 0 Å². The lowest BCUT2D eigenvalue weighted by molar-refractivity contribution is -0.138. The molecule has 0 aromatic heterocycles. The number of aryl methyl sites for hydroxylation is 2. The van der Waals surface area contributed by atoms with Gasteiger partial charge in [0.2, 0.25) is 5.91 Å². The van der Waals surface area contributed by atoms with Gasteiger partial charge in [0.25, 0.3) is 0 Å². The third kappa shape index (κ3) is 4.42. The van der Waals surface area contributed by atoms with E-state index in [0.29, 0.717) is 6.54 Å². The van der Waals surface area contributed by atoms with Gasteiger partial charge in [0, 0.05) is 12.1 Å². The van der Waals surface area contributed by atoms with Crippen molar-refractivity contribution in [3.05, 3.63) is 65.2 Å². The van der Waals surface area contributed by atoms with Crippen LogP contribution in [0.15, 0.2) is 48.5 Å². The molecule has 4 nitrogen and oxygen atoms in total. The molecule has 0 aliphatic rings. The van der Waals surface area contributed by atoms with E-state index in [1.165, 1.54) is 0 Å². The van der Waals surface area contributed by atoms with Crippen molar-refractivity contribution in [3.8, 4) is 0 Å². The Morgan fingerprint density at radius 1 is 0.913 bits per heavy atom. The van der Waals surface area contributed by atoms with Gasteiger partial charge in [0.05, 0.1) is 13.0 Å². The van der Waals surface area contributed by atoms with Crippen LogP contribution in [-0.2, 0) is 16.1 Å². The minimum Gasteiger partial charge on any atom is -0.481 e. The summed E-state index contributed by atoms with van der Waals surface area (Å²) in [4.78, 5) is 25.0. The number of nitrogens with zero attached hydrogens (tertiary/aromatic N) is 1. The van der Waals surface area contributed by atoms with Crippen molar-refractivity contribution in [1.82, 2.24) is 0 Å². The molecule has 0 spiro atoms. The zero-order valence-electron chi connectivity index (χ0n) is 13.5. The maximum atomic E-state index is 12.6. The van der Waals surface area contributed by atoms with Crippen LogP contribution in [0.3, 0.4) is 0 Å². The van der Waals surface area contributed by atoms with E-state index in [1.54, 1.807) is 4.90 Å². The fraction of sp³-hybridized carbons (Fsp3) is 0.263. The highest BCUT2D eigenvalue weighted by Gasteiger charge is 2.19. The lowest BCUT2D eigenvalue weighted by atomic mass is 10.1. The Hall–Kier alpha value is -2.62. The van der Waals surface area contributed by atoms with Crippen molar-refractivity contribution in [3.63, 3.8) is 0 Å². The molecular formula is C19H21NO3. The summed E-state index contributed by atoms with van der Waals surface area (Å²) in [6.45, 7) is 4.40. The maximum absolute atomic E-state index is 12.6.